The van der Waals surface area contributed by atoms with Crippen LogP contribution in [-0.4, -0.2) is 29.7 Å². The van der Waals surface area contributed by atoms with E-state index in [1.165, 1.54) is 6.42 Å². The maximum Gasteiger partial charge on any atom is 0.221 e. The average molecular weight is 256 g/mol. The zero-order valence-electron chi connectivity index (χ0n) is 11.6. The summed E-state index contributed by atoms with van der Waals surface area (Å²) in [7, 11) is 0. The third-order valence-electron chi connectivity index (χ3n) is 4.06. The van der Waals surface area contributed by atoms with Gasteiger partial charge in [0.05, 0.1) is 0 Å². The minimum Gasteiger partial charge on any atom is -0.396 e. The second-order valence-corrected chi connectivity index (χ2v) is 5.69. The Labute approximate surface area is 110 Å². The molecule has 1 aliphatic rings. The Morgan fingerprint density at radius 3 is 2.61 bits per heavy atom. The minimum absolute atomic E-state index is 0.0655. The van der Waals surface area contributed by atoms with Crippen LogP contribution in [0.3, 0.4) is 0 Å². The molecule has 1 fully saturated rings. The molecule has 0 heterocycles. The molecule has 0 aromatic rings. The average Bonchev–Trinajstić information content (AvgIpc) is 2.34. The molecule has 1 rings (SSSR count). The van der Waals surface area contributed by atoms with Gasteiger partial charge in [-0.15, -0.1) is 0 Å². The van der Waals surface area contributed by atoms with Crippen molar-refractivity contribution >= 4 is 5.91 Å². The highest BCUT2D eigenvalue weighted by Crippen LogP contribution is 2.28. The van der Waals surface area contributed by atoms with Crippen molar-refractivity contribution in [3.8, 4) is 0 Å². The summed E-state index contributed by atoms with van der Waals surface area (Å²) in [4.78, 5) is 11.9. The van der Waals surface area contributed by atoms with Crippen molar-refractivity contribution < 1.29 is 9.90 Å². The predicted molar refractivity (Wildman–Crippen MR) is 73.1 cm³/mol. The van der Waals surface area contributed by atoms with Crippen molar-refractivity contribution in [2.45, 2.75) is 63.8 Å². The van der Waals surface area contributed by atoms with Crippen LogP contribution in [-0.2, 0) is 4.79 Å². The molecule has 0 bridgehead atoms. The Balaban J connectivity index is 2.27. The first-order chi connectivity index (χ1) is 8.59. The van der Waals surface area contributed by atoms with Gasteiger partial charge in [0.2, 0.25) is 5.91 Å². The highest BCUT2D eigenvalue weighted by Gasteiger charge is 2.29. The number of rotatable bonds is 7. The van der Waals surface area contributed by atoms with E-state index in [2.05, 4.69) is 12.2 Å². The van der Waals surface area contributed by atoms with Crippen molar-refractivity contribution in [3.63, 3.8) is 0 Å². The molecule has 0 aromatic carbocycles. The predicted octanol–water partition coefficient (Wildman–Crippen LogP) is 1.56. The van der Waals surface area contributed by atoms with E-state index in [-0.39, 0.29) is 18.1 Å². The molecule has 18 heavy (non-hydrogen) atoms. The molecule has 4 N–H and O–H groups in total. The van der Waals surface area contributed by atoms with Crippen LogP contribution in [0.4, 0.5) is 0 Å². The molecule has 1 amide bonds. The highest BCUT2D eigenvalue weighted by atomic mass is 16.3. The van der Waals surface area contributed by atoms with Crippen molar-refractivity contribution in [2.75, 3.05) is 13.2 Å². The highest BCUT2D eigenvalue weighted by molar-refractivity contribution is 5.77. The van der Waals surface area contributed by atoms with Crippen LogP contribution in [0.15, 0.2) is 0 Å². The molecule has 0 aliphatic heterocycles. The number of aliphatic hydroxyl groups is 1. The summed E-state index contributed by atoms with van der Waals surface area (Å²) in [6.45, 7) is 2.93. The van der Waals surface area contributed by atoms with Crippen LogP contribution in [0.2, 0.25) is 0 Å². The van der Waals surface area contributed by atoms with Gasteiger partial charge in [-0.25, -0.2) is 0 Å². The number of hydrogen-bond acceptors (Lipinski definition) is 3. The molecule has 106 valence electrons. The molecule has 0 saturated heterocycles. The zero-order chi connectivity index (χ0) is 13.4. The lowest BCUT2D eigenvalue weighted by Crippen LogP contribution is -2.46. The normalized spacial score (nSPS) is 20.4. The van der Waals surface area contributed by atoms with Gasteiger partial charge in [-0.3, -0.25) is 4.79 Å². The van der Waals surface area contributed by atoms with Crippen LogP contribution in [0, 0.1) is 5.92 Å². The van der Waals surface area contributed by atoms with Gasteiger partial charge in [-0.1, -0.05) is 32.6 Å². The number of nitrogens with two attached hydrogens (primary N) is 1. The maximum atomic E-state index is 11.9. The van der Waals surface area contributed by atoms with Crippen molar-refractivity contribution in [2.24, 2.45) is 11.7 Å². The van der Waals surface area contributed by atoms with E-state index in [0.29, 0.717) is 18.9 Å². The Morgan fingerprint density at radius 1 is 1.39 bits per heavy atom. The van der Waals surface area contributed by atoms with E-state index < -0.39 is 0 Å². The lowest BCUT2D eigenvalue weighted by atomic mass is 9.80. The zero-order valence-corrected chi connectivity index (χ0v) is 11.6. The van der Waals surface area contributed by atoms with Crippen LogP contribution in [0.1, 0.15) is 58.3 Å². The lowest BCUT2D eigenvalue weighted by molar-refractivity contribution is -0.122. The fourth-order valence-electron chi connectivity index (χ4n) is 2.71. The third-order valence-corrected chi connectivity index (χ3v) is 4.06. The van der Waals surface area contributed by atoms with Crippen molar-refractivity contribution in [1.82, 2.24) is 5.32 Å². The Hall–Kier alpha value is -0.610. The van der Waals surface area contributed by atoms with Gasteiger partial charge in [0.15, 0.2) is 0 Å². The number of aliphatic hydroxyl groups excluding tert-OH is 1. The molecule has 0 aromatic heterocycles. The second kappa shape index (κ2) is 7.74. The molecular weight excluding hydrogens is 228 g/mol. The molecule has 1 aliphatic carbocycles. The summed E-state index contributed by atoms with van der Waals surface area (Å²) in [5.74, 6) is 0.440. The molecular formula is C14H28N2O2. The van der Waals surface area contributed by atoms with Gasteiger partial charge in [0, 0.05) is 25.1 Å². The Kier molecular flexibility index (Phi) is 6.65. The summed E-state index contributed by atoms with van der Waals surface area (Å²) in [6, 6.07) is 0. The standard InChI is InChI=1S/C14H28N2O2/c1-2-12(6-9-17)11-16-13(18)10-14(15)7-4-3-5-8-14/h12,17H,2-11,15H2,1H3,(H,16,18). The number of carbonyl (C=O) groups excluding carboxylic acids is 1. The first kappa shape index (κ1) is 15.4. The summed E-state index contributed by atoms with van der Waals surface area (Å²) in [5.41, 5.74) is 5.98. The molecule has 0 radical (unpaired) electrons. The summed E-state index contributed by atoms with van der Waals surface area (Å²) >= 11 is 0. The number of amides is 1. The monoisotopic (exact) mass is 256 g/mol. The first-order valence-corrected chi connectivity index (χ1v) is 7.26. The Morgan fingerprint density at radius 2 is 2.06 bits per heavy atom. The largest absolute Gasteiger partial charge is 0.396 e. The van der Waals surface area contributed by atoms with E-state index in [1.54, 1.807) is 0 Å². The van der Waals surface area contributed by atoms with Gasteiger partial charge >= 0.3 is 0 Å². The fraction of sp³-hybridized carbons (Fsp3) is 0.929. The van der Waals surface area contributed by atoms with Gasteiger partial charge in [0.25, 0.3) is 0 Å². The van der Waals surface area contributed by atoms with Gasteiger partial charge in [-0.2, -0.15) is 0 Å². The maximum absolute atomic E-state index is 11.9. The van der Waals surface area contributed by atoms with E-state index in [1.807, 2.05) is 0 Å². The summed E-state index contributed by atoms with van der Waals surface area (Å²) in [6.07, 6.45) is 7.65. The van der Waals surface area contributed by atoms with E-state index in [9.17, 15) is 4.79 Å². The van der Waals surface area contributed by atoms with Crippen LogP contribution >= 0.6 is 0 Å². The van der Waals surface area contributed by atoms with Crippen molar-refractivity contribution in [1.29, 1.82) is 0 Å². The summed E-state index contributed by atoms with van der Waals surface area (Å²) in [5, 5.41) is 11.9. The Bertz CT molecular complexity index is 250. The molecule has 1 atom stereocenters. The van der Waals surface area contributed by atoms with Gasteiger partial charge < -0.3 is 16.2 Å². The summed E-state index contributed by atoms with van der Waals surface area (Å²) < 4.78 is 0. The minimum atomic E-state index is -0.277. The quantitative estimate of drug-likeness (QED) is 0.647. The van der Waals surface area contributed by atoms with E-state index in [0.717, 1.165) is 38.5 Å². The molecule has 0 spiro atoms. The van der Waals surface area contributed by atoms with Crippen molar-refractivity contribution in [3.05, 3.63) is 0 Å². The molecule has 4 heteroatoms. The SMILES string of the molecule is CCC(CCO)CNC(=O)CC1(N)CCCCC1. The fourth-order valence-corrected chi connectivity index (χ4v) is 2.71. The van der Waals surface area contributed by atoms with E-state index >= 15 is 0 Å². The number of nitrogens with one attached hydrogen (secondary N) is 1. The van der Waals surface area contributed by atoms with E-state index in [4.69, 9.17) is 10.8 Å². The van der Waals surface area contributed by atoms with Crippen LogP contribution in [0.25, 0.3) is 0 Å². The second-order valence-electron chi connectivity index (χ2n) is 5.69. The van der Waals surface area contributed by atoms with Gasteiger partial charge in [0.1, 0.15) is 0 Å². The smallest absolute Gasteiger partial charge is 0.221 e. The lowest BCUT2D eigenvalue weighted by Gasteiger charge is -2.32. The van der Waals surface area contributed by atoms with Crippen LogP contribution in [0.5, 0.6) is 0 Å². The van der Waals surface area contributed by atoms with Gasteiger partial charge in [-0.05, 0) is 25.2 Å². The third kappa shape index (κ3) is 5.36. The molecule has 1 saturated carbocycles. The molecule has 1 unspecified atom stereocenters. The number of hydrogen-bond donors (Lipinski definition) is 3. The topological polar surface area (TPSA) is 75.3 Å². The van der Waals surface area contributed by atoms with Crippen LogP contribution < -0.4 is 11.1 Å². The molecule has 4 nitrogen and oxygen atoms in total. The first-order valence-electron chi connectivity index (χ1n) is 7.26. The number of carbonyl (C=O) groups is 1.